The number of nitrogens with zero attached hydrogens (tertiary/aromatic N) is 3. The molecule has 6 nitrogen and oxygen atoms in total. The molecule has 0 aliphatic heterocycles. The Morgan fingerprint density at radius 1 is 1.71 bits per heavy atom. The third kappa shape index (κ3) is 2.10. The quantitative estimate of drug-likeness (QED) is 0.653. The van der Waals surface area contributed by atoms with E-state index >= 15 is 0 Å². The van der Waals surface area contributed by atoms with Gasteiger partial charge in [-0.15, -0.1) is 0 Å². The van der Waals surface area contributed by atoms with Gasteiger partial charge in [-0.2, -0.15) is 0 Å². The molecule has 1 aromatic heterocycles. The summed E-state index contributed by atoms with van der Waals surface area (Å²) in [5.74, 6) is 0.483. The molecule has 2 N–H and O–H groups in total. The highest BCUT2D eigenvalue weighted by molar-refractivity contribution is 9.10. The van der Waals surface area contributed by atoms with Crippen molar-refractivity contribution >= 4 is 21.7 Å². The van der Waals surface area contributed by atoms with Crippen LogP contribution in [0, 0.1) is 17.0 Å². The number of nitro groups is 1. The summed E-state index contributed by atoms with van der Waals surface area (Å²) in [5.41, 5.74) is 5.36. The molecule has 0 aliphatic carbocycles. The molecule has 7 heteroatoms. The first-order chi connectivity index (χ1) is 6.57. The van der Waals surface area contributed by atoms with Gasteiger partial charge >= 0.3 is 5.82 Å². The summed E-state index contributed by atoms with van der Waals surface area (Å²) in [6.07, 6.45) is 0.771. The average molecular weight is 263 g/mol. The van der Waals surface area contributed by atoms with Crippen LogP contribution in [0.5, 0.6) is 0 Å². The summed E-state index contributed by atoms with van der Waals surface area (Å²) in [6, 6.07) is 0. The van der Waals surface area contributed by atoms with E-state index in [9.17, 15) is 10.1 Å². The zero-order chi connectivity index (χ0) is 10.7. The van der Waals surface area contributed by atoms with E-state index < -0.39 is 4.92 Å². The summed E-state index contributed by atoms with van der Waals surface area (Å²) < 4.78 is 2.15. The molecule has 0 radical (unpaired) electrons. The van der Waals surface area contributed by atoms with Crippen molar-refractivity contribution in [1.29, 1.82) is 0 Å². The Morgan fingerprint density at radius 2 is 2.36 bits per heavy atom. The zero-order valence-electron chi connectivity index (χ0n) is 7.73. The van der Waals surface area contributed by atoms with Crippen LogP contribution in [0.25, 0.3) is 0 Å². The number of rotatable bonds is 4. The molecule has 0 bridgehead atoms. The number of hydrogen-bond donors (Lipinski definition) is 1. The van der Waals surface area contributed by atoms with Gasteiger partial charge in [0.25, 0.3) is 0 Å². The van der Waals surface area contributed by atoms with E-state index in [1.807, 2.05) is 0 Å². The van der Waals surface area contributed by atoms with E-state index in [-0.39, 0.29) is 5.82 Å². The molecule has 1 heterocycles. The van der Waals surface area contributed by atoms with E-state index in [1.165, 1.54) is 0 Å². The van der Waals surface area contributed by atoms with Crippen molar-refractivity contribution in [2.45, 2.75) is 19.9 Å². The molecule has 0 aliphatic rings. The average Bonchev–Trinajstić information content (AvgIpc) is 2.40. The van der Waals surface area contributed by atoms with Gasteiger partial charge in [0.05, 0.1) is 0 Å². The van der Waals surface area contributed by atoms with Crippen molar-refractivity contribution < 1.29 is 4.92 Å². The summed E-state index contributed by atoms with van der Waals surface area (Å²) in [7, 11) is 0. The van der Waals surface area contributed by atoms with Crippen molar-refractivity contribution in [3.8, 4) is 0 Å². The fourth-order valence-electron chi connectivity index (χ4n) is 1.15. The Bertz CT molecular complexity index is 350. The number of aryl methyl sites for hydroxylation is 1. The van der Waals surface area contributed by atoms with Crippen LogP contribution in [0.2, 0.25) is 0 Å². The van der Waals surface area contributed by atoms with Crippen LogP contribution >= 0.6 is 15.9 Å². The molecule has 0 atom stereocenters. The number of halogens is 1. The van der Waals surface area contributed by atoms with Crippen molar-refractivity contribution in [3.05, 3.63) is 20.5 Å². The molecular weight excluding hydrogens is 252 g/mol. The molecule has 1 rings (SSSR count). The Labute approximate surface area is 89.4 Å². The molecule has 0 saturated carbocycles. The van der Waals surface area contributed by atoms with E-state index in [0.717, 1.165) is 6.42 Å². The standard InChI is InChI=1S/C7H11BrN4O2/c1-5-10-7(12(13)14)6(8)11(5)4-2-3-9/h2-4,9H2,1H3. The molecular formula is C7H11BrN4O2. The van der Waals surface area contributed by atoms with Gasteiger partial charge in [0.1, 0.15) is 0 Å². The van der Waals surface area contributed by atoms with Gasteiger partial charge in [-0.3, -0.25) is 4.57 Å². The monoisotopic (exact) mass is 262 g/mol. The fourth-order valence-corrected chi connectivity index (χ4v) is 1.82. The lowest BCUT2D eigenvalue weighted by atomic mass is 10.4. The second kappa shape index (κ2) is 4.52. The Balaban J connectivity index is 2.99. The summed E-state index contributed by atoms with van der Waals surface area (Å²) in [6.45, 7) is 2.93. The molecule has 78 valence electrons. The van der Waals surface area contributed by atoms with Crippen LogP contribution in [-0.2, 0) is 6.54 Å². The van der Waals surface area contributed by atoms with Gasteiger partial charge in [0.15, 0.2) is 4.60 Å². The van der Waals surface area contributed by atoms with E-state index in [2.05, 4.69) is 20.9 Å². The topological polar surface area (TPSA) is 87.0 Å². The van der Waals surface area contributed by atoms with Crippen molar-refractivity contribution in [2.24, 2.45) is 5.73 Å². The minimum absolute atomic E-state index is 0.139. The predicted octanol–water partition coefficient (Wildman–Crippen LogP) is 1.21. The number of nitrogens with two attached hydrogens (primary N) is 1. The lowest BCUT2D eigenvalue weighted by Gasteiger charge is -2.01. The zero-order valence-corrected chi connectivity index (χ0v) is 9.32. The highest BCUT2D eigenvalue weighted by Crippen LogP contribution is 2.25. The molecule has 0 fully saturated rings. The second-order valence-electron chi connectivity index (χ2n) is 2.82. The van der Waals surface area contributed by atoms with Gasteiger partial charge in [-0.05, 0) is 38.8 Å². The summed E-state index contributed by atoms with van der Waals surface area (Å²) in [4.78, 5) is 13.9. The molecule has 1 aromatic rings. The van der Waals surface area contributed by atoms with Crippen molar-refractivity contribution in [2.75, 3.05) is 6.54 Å². The molecule has 14 heavy (non-hydrogen) atoms. The van der Waals surface area contributed by atoms with Crippen molar-refractivity contribution in [3.63, 3.8) is 0 Å². The number of aromatic nitrogens is 2. The molecule has 0 amide bonds. The van der Waals surface area contributed by atoms with Gasteiger partial charge in [0, 0.05) is 13.5 Å². The molecule has 0 aromatic carbocycles. The van der Waals surface area contributed by atoms with Crippen LogP contribution in [0.4, 0.5) is 5.82 Å². The lowest BCUT2D eigenvalue weighted by molar-refractivity contribution is -0.390. The Kier molecular flexibility index (Phi) is 3.59. The fraction of sp³-hybridized carbons (Fsp3) is 0.571. The van der Waals surface area contributed by atoms with Crippen LogP contribution in [0.1, 0.15) is 12.2 Å². The van der Waals surface area contributed by atoms with E-state index in [0.29, 0.717) is 23.5 Å². The molecule has 0 saturated heterocycles. The Hall–Kier alpha value is -0.950. The Morgan fingerprint density at radius 3 is 2.79 bits per heavy atom. The second-order valence-corrected chi connectivity index (χ2v) is 3.58. The van der Waals surface area contributed by atoms with E-state index in [4.69, 9.17) is 5.73 Å². The normalized spacial score (nSPS) is 10.5. The predicted molar refractivity (Wildman–Crippen MR) is 55.0 cm³/mol. The number of imidazole rings is 1. The maximum Gasteiger partial charge on any atom is 0.396 e. The van der Waals surface area contributed by atoms with Gasteiger partial charge in [-0.25, -0.2) is 0 Å². The van der Waals surface area contributed by atoms with Crippen LogP contribution in [-0.4, -0.2) is 21.0 Å². The maximum atomic E-state index is 10.5. The van der Waals surface area contributed by atoms with Crippen LogP contribution < -0.4 is 5.73 Å². The van der Waals surface area contributed by atoms with Gasteiger partial charge < -0.3 is 15.8 Å². The number of hydrogen-bond acceptors (Lipinski definition) is 4. The highest BCUT2D eigenvalue weighted by atomic mass is 79.9. The third-order valence-corrected chi connectivity index (χ3v) is 2.62. The molecule has 0 spiro atoms. The lowest BCUT2D eigenvalue weighted by Crippen LogP contribution is -2.07. The van der Waals surface area contributed by atoms with Crippen LogP contribution in [0.15, 0.2) is 4.60 Å². The maximum absolute atomic E-state index is 10.5. The minimum Gasteiger partial charge on any atom is -0.358 e. The minimum atomic E-state index is -0.504. The SMILES string of the molecule is Cc1nc([N+](=O)[O-])c(Br)n1CCCN. The first-order valence-electron chi connectivity index (χ1n) is 4.15. The highest BCUT2D eigenvalue weighted by Gasteiger charge is 2.22. The van der Waals surface area contributed by atoms with Crippen LogP contribution in [0.3, 0.4) is 0 Å². The van der Waals surface area contributed by atoms with Gasteiger partial charge in [-0.1, -0.05) is 0 Å². The van der Waals surface area contributed by atoms with Crippen molar-refractivity contribution in [1.82, 2.24) is 9.55 Å². The first kappa shape index (κ1) is 11.1. The summed E-state index contributed by atoms with van der Waals surface area (Å²) in [5, 5.41) is 10.5. The largest absolute Gasteiger partial charge is 0.396 e. The first-order valence-corrected chi connectivity index (χ1v) is 4.94. The van der Waals surface area contributed by atoms with Gasteiger partial charge in [0.2, 0.25) is 5.82 Å². The smallest absolute Gasteiger partial charge is 0.358 e. The summed E-state index contributed by atoms with van der Waals surface area (Å²) >= 11 is 3.15. The third-order valence-electron chi connectivity index (χ3n) is 1.84. The molecule has 0 unspecified atom stereocenters. The van der Waals surface area contributed by atoms with E-state index in [1.54, 1.807) is 11.5 Å².